The number of hydrogen-bond acceptors (Lipinski definition) is 2. The zero-order valence-corrected chi connectivity index (χ0v) is 19.2. The topological polar surface area (TPSA) is 46.5 Å². The Morgan fingerprint density at radius 1 is 1.07 bits per heavy atom. The summed E-state index contributed by atoms with van der Waals surface area (Å²) in [6.07, 6.45) is 4.37. The number of pyridine rings is 2. The van der Waals surface area contributed by atoms with Crippen LogP contribution in [0.15, 0.2) is 30.6 Å². The highest BCUT2D eigenvalue weighted by molar-refractivity contribution is 6.35. The molecule has 4 aromatic heterocycles. The third-order valence-electron chi connectivity index (χ3n) is 5.71. The fourth-order valence-electron chi connectivity index (χ4n) is 4.02. The Morgan fingerprint density at radius 3 is 2.45 bits per heavy atom. The summed E-state index contributed by atoms with van der Waals surface area (Å²) >= 11 is 13.1. The van der Waals surface area contributed by atoms with Gasteiger partial charge in [-0.25, -0.2) is 4.98 Å². The number of hydrogen-bond donors (Lipinski definition) is 1. The van der Waals surface area contributed by atoms with Gasteiger partial charge in [0.25, 0.3) is 0 Å². The molecule has 4 nitrogen and oxygen atoms in total. The maximum Gasteiger partial charge on any atom is 0.138 e. The average molecular weight is 429 g/mol. The molecule has 0 radical (unpaired) electrons. The van der Waals surface area contributed by atoms with Crippen molar-refractivity contribution in [3.05, 3.63) is 57.9 Å². The fraction of sp³-hybridized carbons (Fsp3) is 0.391. The van der Waals surface area contributed by atoms with Crippen molar-refractivity contribution in [1.29, 1.82) is 0 Å². The quantitative estimate of drug-likeness (QED) is 0.374. The minimum atomic E-state index is -0.194. The van der Waals surface area contributed by atoms with Crippen LogP contribution in [0, 0.1) is 0 Å². The summed E-state index contributed by atoms with van der Waals surface area (Å²) in [6, 6.07) is 6.26. The summed E-state index contributed by atoms with van der Waals surface area (Å²) in [5.41, 5.74) is 5.08. The van der Waals surface area contributed by atoms with E-state index in [4.69, 9.17) is 28.2 Å². The molecule has 0 bridgehead atoms. The zero-order chi connectivity index (χ0) is 21.1. The lowest BCUT2D eigenvalue weighted by Gasteiger charge is -2.26. The number of halogens is 2. The van der Waals surface area contributed by atoms with Gasteiger partial charge in [-0.1, -0.05) is 57.8 Å². The number of nitrogens with zero attached hydrogens (tertiary/aromatic N) is 3. The van der Waals surface area contributed by atoms with Gasteiger partial charge < -0.3 is 9.55 Å². The monoisotopic (exact) mass is 428 g/mol. The molecule has 0 aliphatic rings. The Hall–Kier alpha value is -2.04. The molecule has 0 saturated carbocycles. The Bertz CT molecular complexity index is 1230. The van der Waals surface area contributed by atoms with Crippen LogP contribution in [-0.2, 0) is 24.3 Å². The molecule has 4 rings (SSSR count). The van der Waals surface area contributed by atoms with Crippen LogP contribution in [0.5, 0.6) is 0 Å². The molecule has 6 heteroatoms. The van der Waals surface area contributed by atoms with Gasteiger partial charge in [-0.15, -0.1) is 0 Å². The molecule has 0 aliphatic carbocycles. The highest BCUT2D eigenvalue weighted by atomic mass is 35.5. The zero-order valence-electron chi connectivity index (χ0n) is 17.7. The Balaban J connectivity index is 1.77. The van der Waals surface area contributed by atoms with Crippen LogP contribution in [0.4, 0.5) is 0 Å². The van der Waals surface area contributed by atoms with Crippen LogP contribution in [0.1, 0.15) is 51.7 Å². The predicted octanol–water partition coefficient (Wildman–Crippen LogP) is 6.57. The van der Waals surface area contributed by atoms with Crippen molar-refractivity contribution in [3.63, 3.8) is 0 Å². The molecule has 0 aromatic carbocycles. The van der Waals surface area contributed by atoms with Gasteiger partial charge >= 0.3 is 0 Å². The second-order valence-electron chi connectivity index (χ2n) is 9.47. The standard InChI is InChI=1S/C23H26Cl2N4/c1-22(2,3)17-9-13-12-27-15(19(24)20(13)28-17)11-23(4,5)18-10-14-16(29(18)6)7-8-26-21(14)25/h7-10,12,28H,11H2,1-6H3. The van der Waals surface area contributed by atoms with Crippen molar-refractivity contribution in [2.75, 3.05) is 0 Å². The van der Waals surface area contributed by atoms with Crippen molar-refractivity contribution in [1.82, 2.24) is 19.5 Å². The van der Waals surface area contributed by atoms with Gasteiger partial charge in [-0.2, -0.15) is 0 Å². The Morgan fingerprint density at radius 2 is 1.79 bits per heavy atom. The molecule has 4 heterocycles. The van der Waals surface area contributed by atoms with Crippen molar-refractivity contribution < 1.29 is 0 Å². The van der Waals surface area contributed by atoms with Crippen LogP contribution in [0.25, 0.3) is 21.8 Å². The summed E-state index contributed by atoms with van der Waals surface area (Å²) in [5.74, 6) is 0. The van der Waals surface area contributed by atoms with Crippen molar-refractivity contribution in [3.8, 4) is 0 Å². The summed E-state index contributed by atoms with van der Waals surface area (Å²) < 4.78 is 2.18. The molecule has 0 aliphatic heterocycles. The van der Waals surface area contributed by atoms with Crippen molar-refractivity contribution >= 4 is 45.0 Å². The van der Waals surface area contributed by atoms with Crippen LogP contribution in [0.2, 0.25) is 10.2 Å². The maximum atomic E-state index is 6.81. The lowest BCUT2D eigenvalue weighted by molar-refractivity contribution is 0.484. The Labute approximate surface area is 181 Å². The van der Waals surface area contributed by atoms with Gasteiger partial charge in [-0.3, -0.25) is 4.98 Å². The first-order valence-corrected chi connectivity index (χ1v) is 10.5. The molecule has 0 fully saturated rings. The highest BCUT2D eigenvalue weighted by Gasteiger charge is 2.28. The average Bonchev–Trinajstić information content (AvgIpc) is 3.21. The van der Waals surface area contributed by atoms with E-state index in [-0.39, 0.29) is 10.8 Å². The molecular weight excluding hydrogens is 403 g/mol. The molecule has 0 amide bonds. The van der Waals surface area contributed by atoms with Gasteiger partial charge in [-0.05, 0) is 18.2 Å². The molecule has 0 saturated heterocycles. The molecule has 29 heavy (non-hydrogen) atoms. The van der Waals surface area contributed by atoms with E-state index < -0.39 is 0 Å². The first-order valence-electron chi connectivity index (χ1n) is 9.76. The van der Waals surface area contributed by atoms with E-state index in [0.717, 1.165) is 33.2 Å². The van der Waals surface area contributed by atoms with Gasteiger partial charge in [0.1, 0.15) is 5.15 Å². The summed E-state index contributed by atoms with van der Waals surface area (Å²) in [7, 11) is 2.06. The second-order valence-corrected chi connectivity index (χ2v) is 10.2. The summed E-state index contributed by atoms with van der Waals surface area (Å²) in [6.45, 7) is 11.0. The van der Waals surface area contributed by atoms with E-state index in [1.807, 2.05) is 12.3 Å². The molecule has 0 spiro atoms. The Kier molecular flexibility index (Phi) is 4.71. The summed E-state index contributed by atoms with van der Waals surface area (Å²) in [4.78, 5) is 12.4. The lowest BCUT2D eigenvalue weighted by Crippen LogP contribution is -2.24. The maximum absolute atomic E-state index is 6.81. The minimum Gasteiger partial charge on any atom is -0.357 e. The number of aromatic nitrogens is 4. The number of aromatic amines is 1. The molecular formula is C23H26Cl2N4. The number of fused-ring (bicyclic) bond motifs is 2. The molecule has 4 aromatic rings. The van der Waals surface area contributed by atoms with Crippen LogP contribution >= 0.6 is 23.2 Å². The van der Waals surface area contributed by atoms with Crippen LogP contribution in [0.3, 0.4) is 0 Å². The first kappa shape index (κ1) is 20.2. The molecule has 1 N–H and O–H groups in total. The highest BCUT2D eigenvalue weighted by Crippen LogP contribution is 2.37. The predicted molar refractivity (Wildman–Crippen MR) is 122 cm³/mol. The van der Waals surface area contributed by atoms with Crippen molar-refractivity contribution in [2.45, 2.75) is 51.9 Å². The third-order valence-corrected chi connectivity index (χ3v) is 6.42. The van der Waals surface area contributed by atoms with E-state index in [1.54, 1.807) is 6.20 Å². The number of aryl methyl sites for hydroxylation is 1. The lowest BCUT2D eigenvalue weighted by atomic mass is 9.84. The van der Waals surface area contributed by atoms with Gasteiger partial charge in [0, 0.05) is 58.9 Å². The summed E-state index contributed by atoms with van der Waals surface area (Å²) in [5, 5.41) is 3.24. The number of nitrogens with one attached hydrogen (secondary N) is 1. The SMILES string of the molecule is Cn1c(C(C)(C)Cc2ncc3cc(C(C)(C)C)[nH]c3c2Cl)cc2c(Cl)nccc21. The minimum absolute atomic E-state index is 0.0260. The number of rotatable bonds is 3. The van der Waals surface area contributed by atoms with Gasteiger partial charge in [0.05, 0.1) is 21.7 Å². The van der Waals surface area contributed by atoms with E-state index in [0.29, 0.717) is 16.6 Å². The number of H-pyrrole nitrogens is 1. The molecule has 152 valence electrons. The third kappa shape index (κ3) is 3.43. The van der Waals surface area contributed by atoms with E-state index in [1.165, 1.54) is 5.69 Å². The second kappa shape index (κ2) is 6.75. The smallest absolute Gasteiger partial charge is 0.138 e. The van der Waals surface area contributed by atoms with Crippen LogP contribution < -0.4 is 0 Å². The molecule has 0 atom stereocenters. The van der Waals surface area contributed by atoms with Crippen LogP contribution in [-0.4, -0.2) is 19.5 Å². The van der Waals surface area contributed by atoms with Gasteiger partial charge in [0.15, 0.2) is 0 Å². The van der Waals surface area contributed by atoms with Gasteiger partial charge in [0.2, 0.25) is 0 Å². The molecule has 0 unspecified atom stereocenters. The first-order chi connectivity index (χ1) is 13.5. The van der Waals surface area contributed by atoms with E-state index in [2.05, 4.69) is 68.3 Å². The normalized spacial score (nSPS) is 13.0. The van der Waals surface area contributed by atoms with Crippen molar-refractivity contribution in [2.24, 2.45) is 7.05 Å². The van der Waals surface area contributed by atoms with E-state index in [9.17, 15) is 0 Å². The fourth-order valence-corrected chi connectivity index (χ4v) is 4.50. The largest absolute Gasteiger partial charge is 0.357 e. The van der Waals surface area contributed by atoms with E-state index >= 15 is 0 Å².